The van der Waals surface area contributed by atoms with E-state index in [1.165, 1.54) is 0 Å². The molecule has 2 heterocycles. The van der Waals surface area contributed by atoms with Crippen molar-refractivity contribution in [3.63, 3.8) is 0 Å². The number of carbonyl (C=O) groups is 1. The van der Waals surface area contributed by atoms with Gasteiger partial charge in [-0.2, -0.15) is 0 Å². The van der Waals surface area contributed by atoms with Crippen LogP contribution in [0.3, 0.4) is 0 Å². The van der Waals surface area contributed by atoms with E-state index in [-0.39, 0.29) is 17.9 Å². The molecular formula is C15H24N2O3. The third-order valence-corrected chi connectivity index (χ3v) is 4.03. The maximum absolute atomic E-state index is 12.2. The predicted molar refractivity (Wildman–Crippen MR) is 75.4 cm³/mol. The first-order chi connectivity index (χ1) is 9.63. The first-order valence-electron chi connectivity index (χ1n) is 7.44. The van der Waals surface area contributed by atoms with Crippen molar-refractivity contribution in [1.82, 2.24) is 10.5 Å². The van der Waals surface area contributed by atoms with Crippen LogP contribution in [-0.2, 0) is 16.0 Å². The highest BCUT2D eigenvalue weighted by Crippen LogP contribution is 2.23. The average molecular weight is 280 g/mol. The van der Waals surface area contributed by atoms with Gasteiger partial charge in [-0.1, -0.05) is 12.1 Å². The Balaban J connectivity index is 1.83. The number of nitrogens with zero attached hydrogens (tertiary/aromatic N) is 1. The lowest BCUT2D eigenvalue weighted by Gasteiger charge is -2.30. The first-order valence-corrected chi connectivity index (χ1v) is 7.44. The molecule has 1 N–H and O–H groups in total. The fraction of sp³-hybridized carbons (Fsp3) is 0.733. The normalized spacial score (nSPS) is 22.8. The predicted octanol–water partition coefficient (Wildman–Crippen LogP) is 2.16. The minimum atomic E-state index is -0.00146. The smallest absolute Gasteiger partial charge is 0.225 e. The second-order valence-corrected chi connectivity index (χ2v) is 5.41. The fourth-order valence-electron chi connectivity index (χ4n) is 2.84. The van der Waals surface area contributed by atoms with Crippen LogP contribution in [0.4, 0.5) is 0 Å². The van der Waals surface area contributed by atoms with Crippen molar-refractivity contribution in [2.24, 2.45) is 5.92 Å². The number of amides is 1. The number of aryl methyl sites for hydroxylation is 2. The highest BCUT2D eigenvalue weighted by atomic mass is 16.5. The van der Waals surface area contributed by atoms with Gasteiger partial charge in [-0.15, -0.1) is 0 Å². The summed E-state index contributed by atoms with van der Waals surface area (Å²) in [5.74, 6) is 0.950. The van der Waals surface area contributed by atoms with Crippen LogP contribution >= 0.6 is 0 Å². The summed E-state index contributed by atoms with van der Waals surface area (Å²) >= 11 is 0. The molecule has 5 heteroatoms. The van der Waals surface area contributed by atoms with E-state index in [2.05, 4.69) is 17.4 Å². The standard InChI is InChI=1S/C15H24N2O3/c1-4-14-13(6-5-9-19-14)15(18)16-8-7-12-10(2)17-20-11(12)3/h13-14H,4-9H2,1-3H3,(H,16,18). The highest BCUT2D eigenvalue weighted by molar-refractivity contribution is 5.79. The zero-order chi connectivity index (χ0) is 14.5. The average Bonchev–Trinajstić information content (AvgIpc) is 2.78. The molecule has 1 amide bonds. The minimum Gasteiger partial charge on any atom is -0.377 e. The minimum absolute atomic E-state index is 0.00146. The van der Waals surface area contributed by atoms with E-state index in [9.17, 15) is 4.79 Å². The van der Waals surface area contributed by atoms with Gasteiger partial charge in [-0.05, 0) is 39.5 Å². The summed E-state index contributed by atoms with van der Waals surface area (Å²) in [6.45, 7) is 7.30. The van der Waals surface area contributed by atoms with Gasteiger partial charge < -0.3 is 14.6 Å². The summed E-state index contributed by atoms with van der Waals surface area (Å²) in [5.41, 5.74) is 2.00. The summed E-state index contributed by atoms with van der Waals surface area (Å²) < 4.78 is 10.8. The van der Waals surface area contributed by atoms with E-state index < -0.39 is 0 Å². The molecule has 1 fully saturated rings. The second kappa shape index (κ2) is 6.88. The number of hydrogen-bond donors (Lipinski definition) is 1. The van der Waals surface area contributed by atoms with Crippen LogP contribution in [0.15, 0.2) is 4.52 Å². The van der Waals surface area contributed by atoms with Crippen LogP contribution in [0.1, 0.15) is 43.2 Å². The van der Waals surface area contributed by atoms with Gasteiger partial charge in [0.2, 0.25) is 5.91 Å². The lowest BCUT2D eigenvalue weighted by Crippen LogP contribution is -2.41. The van der Waals surface area contributed by atoms with E-state index in [0.29, 0.717) is 6.54 Å². The molecule has 2 unspecified atom stereocenters. The van der Waals surface area contributed by atoms with Gasteiger partial charge in [0.15, 0.2) is 0 Å². The molecule has 2 atom stereocenters. The zero-order valence-corrected chi connectivity index (χ0v) is 12.6. The van der Waals surface area contributed by atoms with Crippen molar-refractivity contribution in [1.29, 1.82) is 0 Å². The third-order valence-electron chi connectivity index (χ3n) is 4.03. The fourth-order valence-corrected chi connectivity index (χ4v) is 2.84. The Labute approximate surface area is 120 Å². The van der Waals surface area contributed by atoms with Gasteiger partial charge in [0, 0.05) is 18.7 Å². The number of carbonyl (C=O) groups excluding carboxylic acids is 1. The first kappa shape index (κ1) is 15.0. The van der Waals surface area contributed by atoms with Crippen LogP contribution in [-0.4, -0.2) is 30.3 Å². The Kier molecular flexibility index (Phi) is 5.17. The molecule has 112 valence electrons. The molecule has 0 spiro atoms. The van der Waals surface area contributed by atoms with Gasteiger partial charge in [0.1, 0.15) is 5.76 Å². The molecule has 0 saturated carbocycles. The number of hydrogen-bond acceptors (Lipinski definition) is 4. The quantitative estimate of drug-likeness (QED) is 0.897. The van der Waals surface area contributed by atoms with E-state index in [4.69, 9.17) is 9.26 Å². The Morgan fingerprint density at radius 2 is 2.25 bits per heavy atom. The van der Waals surface area contributed by atoms with Crippen LogP contribution in [0, 0.1) is 19.8 Å². The summed E-state index contributed by atoms with van der Waals surface area (Å²) in [6.07, 6.45) is 3.62. The summed E-state index contributed by atoms with van der Waals surface area (Å²) in [7, 11) is 0. The maximum Gasteiger partial charge on any atom is 0.225 e. The van der Waals surface area contributed by atoms with Gasteiger partial charge in [0.25, 0.3) is 0 Å². The molecule has 20 heavy (non-hydrogen) atoms. The molecule has 0 radical (unpaired) electrons. The Hall–Kier alpha value is -1.36. The largest absolute Gasteiger partial charge is 0.377 e. The van der Waals surface area contributed by atoms with E-state index >= 15 is 0 Å². The molecule has 0 bridgehead atoms. The van der Waals surface area contributed by atoms with Crippen LogP contribution in [0.25, 0.3) is 0 Å². The number of aromatic nitrogens is 1. The maximum atomic E-state index is 12.2. The molecule has 2 rings (SSSR count). The van der Waals surface area contributed by atoms with Crippen molar-refractivity contribution >= 4 is 5.91 Å². The van der Waals surface area contributed by atoms with Crippen LogP contribution < -0.4 is 5.32 Å². The van der Waals surface area contributed by atoms with Crippen molar-refractivity contribution in [3.05, 3.63) is 17.0 Å². The summed E-state index contributed by atoms with van der Waals surface area (Å²) in [4.78, 5) is 12.2. The van der Waals surface area contributed by atoms with Crippen molar-refractivity contribution in [3.8, 4) is 0 Å². The van der Waals surface area contributed by atoms with Gasteiger partial charge in [-0.25, -0.2) is 0 Å². The van der Waals surface area contributed by atoms with E-state index in [0.717, 1.165) is 49.3 Å². The number of rotatable bonds is 5. The van der Waals surface area contributed by atoms with Gasteiger partial charge >= 0.3 is 0 Å². The molecule has 1 aromatic rings. The molecule has 5 nitrogen and oxygen atoms in total. The van der Waals surface area contributed by atoms with Crippen molar-refractivity contribution in [2.45, 2.75) is 52.6 Å². The topological polar surface area (TPSA) is 64.4 Å². The van der Waals surface area contributed by atoms with Crippen LogP contribution in [0.2, 0.25) is 0 Å². The Bertz CT molecular complexity index is 436. The summed E-state index contributed by atoms with van der Waals surface area (Å²) in [6, 6.07) is 0. The molecule has 1 saturated heterocycles. The second-order valence-electron chi connectivity index (χ2n) is 5.41. The molecule has 0 aliphatic carbocycles. The molecule has 1 aromatic heterocycles. The lowest BCUT2D eigenvalue weighted by molar-refractivity contribution is -0.134. The van der Waals surface area contributed by atoms with E-state index in [1.54, 1.807) is 0 Å². The van der Waals surface area contributed by atoms with Crippen LogP contribution in [0.5, 0.6) is 0 Å². The van der Waals surface area contributed by atoms with Crippen molar-refractivity contribution in [2.75, 3.05) is 13.2 Å². The third kappa shape index (κ3) is 3.39. The Morgan fingerprint density at radius 3 is 2.90 bits per heavy atom. The molecule has 0 aromatic carbocycles. The summed E-state index contributed by atoms with van der Waals surface area (Å²) in [5, 5.41) is 6.94. The molecule has 1 aliphatic heterocycles. The lowest BCUT2D eigenvalue weighted by atomic mass is 9.92. The highest BCUT2D eigenvalue weighted by Gasteiger charge is 2.30. The zero-order valence-electron chi connectivity index (χ0n) is 12.6. The molecule has 1 aliphatic rings. The number of ether oxygens (including phenoxy) is 1. The monoisotopic (exact) mass is 280 g/mol. The number of nitrogens with one attached hydrogen (secondary N) is 1. The van der Waals surface area contributed by atoms with Gasteiger partial charge in [0.05, 0.1) is 17.7 Å². The van der Waals surface area contributed by atoms with Gasteiger partial charge in [-0.3, -0.25) is 4.79 Å². The van der Waals surface area contributed by atoms with Crippen molar-refractivity contribution < 1.29 is 14.1 Å². The molecular weight excluding hydrogens is 256 g/mol. The Morgan fingerprint density at radius 1 is 1.45 bits per heavy atom. The van der Waals surface area contributed by atoms with E-state index in [1.807, 2.05) is 13.8 Å². The SMILES string of the molecule is CCC1OCCCC1C(=O)NCCc1c(C)noc1C.